The van der Waals surface area contributed by atoms with Gasteiger partial charge in [0.05, 0.1) is 7.11 Å². The zero-order valence-electron chi connectivity index (χ0n) is 13.2. The van der Waals surface area contributed by atoms with E-state index in [1.807, 2.05) is 6.92 Å². The summed E-state index contributed by atoms with van der Waals surface area (Å²) >= 11 is 1.33. The van der Waals surface area contributed by atoms with Gasteiger partial charge in [0.2, 0.25) is 0 Å². The average molecular weight is 349 g/mol. The number of amides is 2. The Bertz CT molecular complexity index is 793. The van der Waals surface area contributed by atoms with Crippen LogP contribution in [-0.4, -0.2) is 35.5 Å². The summed E-state index contributed by atoms with van der Waals surface area (Å²) in [5.41, 5.74) is 1.31. The SMILES string of the molecule is COC(=O)N1CCc2ccc(F)cc2[C@H]1C(=O)Nc1ncc(C)s1. The van der Waals surface area contributed by atoms with E-state index in [1.165, 1.54) is 35.5 Å². The molecule has 1 aliphatic rings. The van der Waals surface area contributed by atoms with Crippen LogP contribution in [0.25, 0.3) is 0 Å². The lowest BCUT2D eigenvalue weighted by molar-refractivity contribution is -0.121. The zero-order valence-corrected chi connectivity index (χ0v) is 14.0. The molecule has 1 aromatic heterocycles. The quantitative estimate of drug-likeness (QED) is 0.905. The van der Waals surface area contributed by atoms with Gasteiger partial charge in [-0.2, -0.15) is 0 Å². The van der Waals surface area contributed by atoms with E-state index in [-0.39, 0.29) is 0 Å². The van der Waals surface area contributed by atoms with Crippen molar-refractivity contribution in [3.05, 3.63) is 46.2 Å². The Balaban J connectivity index is 1.97. The van der Waals surface area contributed by atoms with Crippen LogP contribution in [0.2, 0.25) is 0 Å². The molecular formula is C16H16FN3O3S. The van der Waals surface area contributed by atoms with Crippen molar-refractivity contribution in [3.8, 4) is 0 Å². The number of rotatable bonds is 2. The lowest BCUT2D eigenvalue weighted by Crippen LogP contribution is -2.45. The number of hydrogen-bond donors (Lipinski definition) is 1. The molecule has 2 amide bonds. The normalized spacial score (nSPS) is 16.5. The first-order valence-corrected chi connectivity index (χ1v) is 8.17. The highest BCUT2D eigenvalue weighted by atomic mass is 32.1. The number of nitrogens with zero attached hydrogens (tertiary/aromatic N) is 2. The maximum absolute atomic E-state index is 13.7. The lowest BCUT2D eigenvalue weighted by Gasteiger charge is -2.35. The number of aromatic nitrogens is 1. The number of thiazole rings is 1. The molecule has 2 heterocycles. The summed E-state index contributed by atoms with van der Waals surface area (Å²) in [6.45, 7) is 2.19. The van der Waals surface area contributed by atoms with Gasteiger partial charge >= 0.3 is 6.09 Å². The van der Waals surface area contributed by atoms with Gasteiger partial charge in [-0.05, 0) is 36.6 Å². The Morgan fingerprint density at radius 2 is 2.25 bits per heavy atom. The summed E-state index contributed by atoms with van der Waals surface area (Å²) < 4.78 is 18.5. The molecule has 1 aliphatic heterocycles. The van der Waals surface area contributed by atoms with Gasteiger partial charge in [-0.25, -0.2) is 14.2 Å². The predicted octanol–water partition coefficient (Wildman–Crippen LogP) is 2.89. The summed E-state index contributed by atoms with van der Waals surface area (Å²) in [4.78, 5) is 31.2. The lowest BCUT2D eigenvalue weighted by atomic mass is 9.92. The fourth-order valence-electron chi connectivity index (χ4n) is 2.77. The largest absolute Gasteiger partial charge is 0.453 e. The van der Waals surface area contributed by atoms with Crippen LogP contribution in [-0.2, 0) is 16.0 Å². The zero-order chi connectivity index (χ0) is 17.3. The van der Waals surface area contributed by atoms with Crippen LogP contribution in [0, 0.1) is 12.7 Å². The first-order chi connectivity index (χ1) is 11.5. The fourth-order valence-corrected chi connectivity index (χ4v) is 3.44. The highest BCUT2D eigenvalue weighted by Crippen LogP contribution is 2.32. The Kier molecular flexibility index (Phi) is 4.48. The van der Waals surface area contributed by atoms with Crippen LogP contribution in [0.5, 0.6) is 0 Å². The molecule has 0 unspecified atom stereocenters. The van der Waals surface area contributed by atoms with Crippen LogP contribution in [0.1, 0.15) is 22.0 Å². The Hall–Kier alpha value is -2.48. The number of benzene rings is 1. The molecule has 126 valence electrons. The molecule has 0 spiro atoms. The molecular weight excluding hydrogens is 333 g/mol. The van der Waals surface area contributed by atoms with Gasteiger partial charge in [0.15, 0.2) is 5.13 Å². The molecule has 0 aliphatic carbocycles. The standard InChI is InChI=1S/C16H16FN3O3S/c1-9-8-18-15(24-9)19-14(21)13-12-7-11(17)4-3-10(12)5-6-20(13)16(22)23-2/h3-4,7-8,13H,5-6H2,1-2H3,(H,18,19,21)/t13-/m0/s1. The van der Waals surface area contributed by atoms with E-state index < -0.39 is 23.9 Å². The molecule has 0 saturated heterocycles. The third-order valence-corrected chi connectivity index (χ3v) is 4.67. The molecule has 1 N–H and O–H groups in total. The van der Waals surface area contributed by atoms with E-state index in [2.05, 4.69) is 10.3 Å². The van der Waals surface area contributed by atoms with Gasteiger partial charge in [-0.1, -0.05) is 6.07 Å². The summed E-state index contributed by atoms with van der Waals surface area (Å²) in [6, 6.07) is 3.34. The number of ether oxygens (including phenoxy) is 1. The number of nitrogens with one attached hydrogen (secondary N) is 1. The van der Waals surface area contributed by atoms with Crippen LogP contribution in [0.3, 0.4) is 0 Å². The van der Waals surface area contributed by atoms with E-state index >= 15 is 0 Å². The average Bonchev–Trinajstić information content (AvgIpc) is 2.97. The van der Waals surface area contributed by atoms with Crippen molar-refractivity contribution >= 4 is 28.5 Å². The van der Waals surface area contributed by atoms with Crippen molar-refractivity contribution in [2.75, 3.05) is 19.0 Å². The molecule has 0 saturated carbocycles. The number of halogens is 1. The Labute approximate surface area is 142 Å². The van der Waals surface area contributed by atoms with Gasteiger partial charge in [0, 0.05) is 17.6 Å². The number of carbonyl (C=O) groups excluding carboxylic acids is 2. The van der Waals surface area contributed by atoms with Crippen molar-refractivity contribution in [3.63, 3.8) is 0 Å². The van der Waals surface area contributed by atoms with Crippen molar-refractivity contribution in [2.45, 2.75) is 19.4 Å². The minimum Gasteiger partial charge on any atom is -0.453 e. The minimum atomic E-state index is -0.957. The monoisotopic (exact) mass is 349 g/mol. The second-order valence-electron chi connectivity index (χ2n) is 5.42. The minimum absolute atomic E-state index is 0.320. The molecule has 2 aromatic rings. The predicted molar refractivity (Wildman–Crippen MR) is 87.4 cm³/mol. The highest BCUT2D eigenvalue weighted by Gasteiger charge is 2.37. The van der Waals surface area contributed by atoms with E-state index in [9.17, 15) is 14.0 Å². The topological polar surface area (TPSA) is 71.5 Å². The maximum Gasteiger partial charge on any atom is 0.410 e. The number of carbonyl (C=O) groups is 2. The van der Waals surface area contributed by atoms with E-state index in [4.69, 9.17) is 4.74 Å². The summed E-state index contributed by atoms with van der Waals surface area (Å²) in [7, 11) is 1.25. The maximum atomic E-state index is 13.7. The third-order valence-electron chi connectivity index (χ3n) is 3.85. The second kappa shape index (κ2) is 6.56. The number of anilines is 1. The van der Waals surface area contributed by atoms with Crippen molar-refractivity contribution < 1.29 is 18.7 Å². The first kappa shape index (κ1) is 16.4. The molecule has 24 heavy (non-hydrogen) atoms. The van der Waals surface area contributed by atoms with Crippen molar-refractivity contribution in [1.29, 1.82) is 0 Å². The number of hydrogen-bond acceptors (Lipinski definition) is 5. The molecule has 0 radical (unpaired) electrons. The van der Waals surface area contributed by atoms with E-state index in [0.717, 1.165) is 10.4 Å². The molecule has 6 nitrogen and oxygen atoms in total. The van der Waals surface area contributed by atoms with Gasteiger partial charge in [0.25, 0.3) is 5.91 Å². The van der Waals surface area contributed by atoms with E-state index in [1.54, 1.807) is 12.3 Å². The summed E-state index contributed by atoms with van der Waals surface area (Å²) in [5, 5.41) is 3.13. The van der Waals surface area contributed by atoms with Gasteiger partial charge in [0.1, 0.15) is 11.9 Å². The van der Waals surface area contributed by atoms with Crippen LogP contribution >= 0.6 is 11.3 Å². The fraction of sp³-hybridized carbons (Fsp3) is 0.312. The number of aryl methyl sites for hydroxylation is 1. The van der Waals surface area contributed by atoms with Crippen LogP contribution in [0.4, 0.5) is 14.3 Å². The molecule has 8 heteroatoms. The number of methoxy groups -OCH3 is 1. The number of fused-ring (bicyclic) bond motifs is 1. The first-order valence-electron chi connectivity index (χ1n) is 7.36. The molecule has 0 fully saturated rings. The molecule has 1 atom stereocenters. The van der Waals surface area contributed by atoms with Gasteiger partial charge in [-0.15, -0.1) is 11.3 Å². The second-order valence-corrected chi connectivity index (χ2v) is 6.66. The van der Waals surface area contributed by atoms with Gasteiger partial charge in [-0.3, -0.25) is 15.0 Å². The molecule has 3 rings (SSSR count). The van der Waals surface area contributed by atoms with Crippen molar-refractivity contribution in [2.24, 2.45) is 0 Å². The Morgan fingerprint density at radius 3 is 2.92 bits per heavy atom. The van der Waals surface area contributed by atoms with Crippen molar-refractivity contribution in [1.82, 2.24) is 9.88 Å². The smallest absolute Gasteiger partial charge is 0.410 e. The van der Waals surface area contributed by atoms with E-state index in [0.29, 0.717) is 23.7 Å². The molecule has 0 bridgehead atoms. The summed E-state index contributed by atoms with van der Waals surface area (Å²) in [6.07, 6.45) is 1.55. The van der Waals surface area contributed by atoms with Gasteiger partial charge < -0.3 is 4.74 Å². The molecule has 1 aromatic carbocycles. The third kappa shape index (κ3) is 3.09. The van der Waals surface area contributed by atoms with Crippen LogP contribution < -0.4 is 5.32 Å². The Morgan fingerprint density at radius 1 is 1.46 bits per heavy atom. The summed E-state index contributed by atoms with van der Waals surface area (Å²) in [5.74, 6) is -0.898. The van der Waals surface area contributed by atoms with Crippen LogP contribution in [0.15, 0.2) is 24.4 Å². The highest BCUT2D eigenvalue weighted by molar-refractivity contribution is 7.15.